The van der Waals surface area contributed by atoms with Gasteiger partial charge in [-0.25, -0.2) is 13.9 Å². The van der Waals surface area contributed by atoms with Gasteiger partial charge in [0.1, 0.15) is 11.6 Å². The lowest BCUT2D eigenvalue weighted by molar-refractivity contribution is -0.124. The molecule has 3 aromatic rings. The SMILES string of the molecule is COc1ccc(CCNC(=O)COC(=O)c2nn(-c3ccc(F)cc3)c3c2CCCC3)cc1. The maximum atomic E-state index is 13.3. The molecule has 4 rings (SSSR count). The molecule has 8 heteroatoms. The van der Waals surface area contributed by atoms with Crippen LogP contribution in [0.15, 0.2) is 48.5 Å². The van der Waals surface area contributed by atoms with Gasteiger partial charge in [0.15, 0.2) is 12.3 Å². The molecule has 0 aliphatic heterocycles. The minimum Gasteiger partial charge on any atom is -0.497 e. The molecule has 1 aromatic heterocycles. The lowest BCUT2D eigenvalue weighted by Gasteiger charge is -2.14. The molecular weight excluding hydrogens is 425 g/mol. The molecular formula is C25H26FN3O4. The number of rotatable bonds is 8. The fraction of sp³-hybridized carbons (Fsp3) is 0.320. The molecule has 33 heavy (non-hydrogen) atoms. The van der Waals surface area contributed by atoms with Crippen molar-refractivity contribution in [2.24, 2.45) is 0 Å². The van der Waals surface area contributed by atoms with Gasteiger partial charge in [0, 0.05) is 17.8 Å². The van der Waals surface area contributed by atoms with Crippen molar-refractivity contribution in [1.29, 1.82) is 0 Å². The van der Waals surface area contributed by atoms with E-state index in [-0.39, 0.29) is 24.0 Å². The molecule has 0 spiro atoms. The summed E-state index contributed by atoms with van der Waals surface area (Å²) in [5.74, 6) is -0.556. The third-order valence-electron chi connectivity index (χ3n) is 5.67. The van der Waals surface area contributed by atoms with Crippen LogP contribution in [0, 0.1) is 5.82 Å². The van der Waals surface area contributed by atoms with E-state index >= 15 is 0 Å². The second-order valence-electron chi connectivity index (χ2n) is 7.89. The Morgan fingerprint density at radius 2 is 1.79 bits per heavy atom. The van der Waals surface area contributed by atoms with Crippen LogP contribution in [0.2, 0.25) is 0 Å². The zero-order valence-corrected chi connectivity index (χ0v) is 18.5. The highest BCUT2D eigenvalue weighted by Crippen LogP contribution is 2.27. The summed E-state index contributed by atoms with van der Waals surface area (Å²) in [5.41, 5.74) is 3.75. The summed E-state index contributed by atoms with van der Waals surface area (Å²) in [5, 5.41) is 7.22. The van der Waals surface area contributed by atoms with E-state index in [1.165, 1.54) is 12.1 Å². The highest BCUT2D eigenvalue weighted by molar-refractivity contribution is 5.91. The molecule has 0 fully saturated rings. The molecule has 0 atom stereocenters. The smallest absolute Gasteiger partial charge is 0.359 e. The Balaban J connectivity index is 1.35. The summed E-state index contributed by atoms with van der Waals surface area (Å²) < 4.78 is 25.4. The molecule has 0 unspecified atom stereocenters. The minimum absolute atomic E-state index is 0.222. The van der Waals surface area contributed by atoms with E-state index in [2.05, 4.69) is 10.4 Å². The van der Waals surface area contributed by atoms with Crippen LogP contribution >= 0.6 is 0 Å². The number of carbonyl (C=O) groups excluding carboxylic acids is 2. The topological polar surface area (TPSA) is 82.4 Å². The Morgan fingerprint density at radius 1 is 1.06 bits per heavy atom. The zero-order valence-electron chi connectivity index (χ0n) is 18.5. The molecule has 1 aliphatic carbocycles. The number of nitrogens with zero attached hydrogens (tertiary/aromatic N) is 2. The highest BCUT2D eigenvalue weighted by atomic mass is 19.1. The monoisotopic (exact) mass is 451 g/mol. The van der Waals surface area contributed by atoms with Crippen LogP contribution in [-0.4, -0.2) is 41.9 Å². The minimum atomic E-state index is -0.626. The second kappa shape index (κ2) is 10.3. The molecule has 0 saturated carbocycles. The first-order valence-corrected chi connectivity index (χ1v) is 11.0. The summed E-state index contributed by atoms with van der Waals surface area (Å²) in [6.07, 6.45) is 4.09. The van der Waals surface area contributed by atoms with Crippen molar-refractivity contribution in [1.82, 2.24) is 15.1 Å². The Morgan fingerprint density at radius 3 is 2.52 bits per heavy atom. The Labute approximate surface area is 191 Å². The number of fused-ring (bicyclic) bond motifs is 1. The lowest BCUT2D eigenvalue weighted by Crippen LogP contribution is -2.30. The number of esters is 1. The van der Waals surface area contributed by atoms with Gasteiger partial charge in [-0.15, -0.1) is 0 Å². The third kappa shape index (κ3) is 5.39. The Hall–Kier alpha value is -3.68. The van der Waals surface area contributed by atoms with E-state index in [9.17, 15) is 14.0 Å². The average Bonchev–Trinajstić information content (AvgIpc) is 3.23. The fourth-order valence-electron chi connectivity index (χ4n) is 3.95. The van der Waals surface area contributed by atoms with Gasteiger partial charge in [-0.3, -0.25) is 4.79 Å². The molecule has 7 nitrogen and oxygen atoms in total. The lowest BCUT2D eigenvalue weighted by atomic mass is 9.95. The van der Waals surface area contributed by atoms with E-state index < -0.39 is 5.97 Å². The first-order valence-electron chi connectivity index (χ1n) is 11.0. The third-order valence-corrected chi connectivity index (χ3v) is 5.67. The van der Waals surface area contributed by atoms with Gasteiger partial charge in [-0.2, -0.15) is 5.10 Å². The summed E-state index contributed by atoms with van der Waals surface area (Å²) in [6, 6.07) is 13.6. The summed E-state index contributed by atoms with van der Waals surface area (Å²) in [6.45, 7) is 0.0525. The number of hydrogen-bond acceptors (Lipinski definition) is 5. The highest BCUT2D eigenvalue weighted by Gasteiger charge is 2.27. The molecule has 172 valence electrons. The van der Waals surface area contributed by atoms with Crippen LogP contribution in [0.1, 0.15) is 40.2 Å². The van der Waals surface area contributed by atoms with Crippen LogP contribution in [0.5, 0.6) is 5.75 Å². The van der Waals surface area contributed by atoms with Crippen LogP contribution in [0.3, 0.4) is 0 Å². The number of carbonyl (C=O) groups is 2. The largest absolute Gasteiger partial charge is 0.497 e. The standard InChI is InChI=1S/C25H26FN3O4/c1-32-20-12-6-17(7-13-20)14-15-27-23(30)16-33-25(31)24-21-4-2-3-5-22(21)29(28-24)19-10-8-18(26)9-11-19/h6-13H,2-5,14-16H2,1H3,(H,27,30). The first-order chi connectivity index (χ1) is 16.0. The normalized spacial score (nSPS) is 12.7. The molecule has 1 heterocycles. The van der Waals surface area contributed by atoms with Crippen LogP contribution in [0.25, 0.3) is 5.69 Å². The maximum Gasteiger partial charge on any atom is 0.359 e. The summed E-state index contributed by atoms with van der Waals surface area (Å²) in [7, 11) is 1.61. The number of benzene rings is 2. The van der Waals surface area contributed by atoms with Gasteiger partial charge in [0.25, 0.3) is 5.91 Å². The van der Waals surface area contributed by atoms with Crippen LogP contribution in [0.4, 0.5) is 4.39 Å². The molecule has 0 radical (unpaired) electrons. The summed E-state index contributed by atoms with van der Waals surface area (Å²) >= 11 is 0. The zero-order chi connectivity index (χ0) is 23.2. The molecule has 1 N–H and O–H groups in total. The van der Waals surface area contributed by atoms with Gasteiger partial charge in [0.05, 0.1) is 12.8 Å². The molecule has 0 saturated heterocycles. The Bertz CT molecular complexity index is 1120. The van der Waals surface area contributed by atoms with Crippen molar-refractivity contribution in [2.75, 3.05) is 20.3 Å². The van der Waals surface area contributed by atoms with Crippen molar-refractivity contribution < 1.29 is 23.5 Å². The van der Waals surface area contributed by atoms with Gasteiger partial charge in [-0.1, -0.05) is 12.1 Å². The van der Waals surface area contributed by atoms with Crippen LogP contribution in [-0.2, 0) is 28.8 Å². The van der Waals surface area contributed by atoms with Crippen molar-refractivity contribution in [3.8, 4) is 11.4 Å². The predicted molar refractivity (Wildman–Crippen MR) is 120 cm³/mol. The number of aromatic nitrogens is 2. The van der Waals surface area contributed by atoms with Crippen molar-refractivity contribution >= 4 is 11.9 Å². The molecule has 1 amide bonds. The number of ether oxygens (including phenoxy) is 2. The van der Waals surface area contributed by atoms with E-state index in [1.54, 1.807) is 23.9 Å². The molecule has 1 aliphatic rings. The number of nitrogens with one attached hydrogen (secondary N) is 1. The number of halogens is 1. The number of amides is 1. The molecule has 0 bridgehead atoms. The second-order valence-corrected chi connectivity index (χ2v) is 7.89. The predicted octanol–water partition coefficient (Wildman–Crippen LogP) is 3.41. The van der Waals surface area contributed by atoms with E-state index in [1.807, 2.05) is 24.3 Å². The fourth-order valence-corrected chi connectivity index (χ4v) is 3.95. The maximum absolute atomic E-state index is 13.3. The van der Waals surface area contributed by atoms with Crippen molar-refractivity contribution in [3.05, 3.63) is 76.9 Å². The van der Waals surface area contributed by atoms with E-state index in [0.717, 1.165) is 48.3 Å². The van der Waals surface area contributed by atoms with E-state index in [4.69, 9.17) is 9.47 Å². The van der Waals surface area contributed by atoms with Gasteiger partial charge < -0.3 is 14.8 Å². The quantitative estimate of drug-likeness (QED) is 0.531. The summed E-state index contributed by atoms with van der Waals surface area (Å²) in [4.78, 5) is 24.9. The van der Waals surface area contributed by atoms with E-state index in [0.29, 0.717) is 18.7 Å². The van der Waals surface area contributed by atoms with Gasteiger partial charge in [0.2, 0.25) is 0 Å². The van der Waals surface area contributed by atoms with Gasteiger partial charge in [-0.05, 0) is 74.1 Å². The number of hydrogen-bond donors (Lipinski definition) is 1. The average molecular weight is 451 g/mol. The van der Waals surface area contributed by atoms with Crippen LogP contribution < -0.4 is 10.1 Å². The first kappa shape index (κ1) is 22.5. The molecule has 2 aromatic carbocycles. The Kier molecular flexibility index (Phi) is 7.02. The van der Waals surface area contributed by atoms with Crippen molar-refractivity contribution in [3.63, 3.8) is 0 Å². The van der Waals surface area contributed by atoms with Gasteiger partial charge >= 0.3 is 5.97 Å². The number of methoxy groups -OCH3 is 1. The van der Waals surface area contributed by atoms with Crippen molar-refractivity contribution in [2.45, 2.75) is 32.1 Å².